The molecule has 2 N–H and O–H groups in total. The van der Waals surface area contributed by atoms with Gasteiger partial charge in [0.05, 0.1) is 5.60 Å². The maximum atomic E-state index is 10.5. The Bertz CT molecular complexity index is 280. The fraction of sp³-hybridized carbons (Fsp3) is 1.00. The summed E-state index contributed by atoms with van der Waals surface area (Å²) < 4.78 is 0. The Hall–Kier alpha value is -0.0800. The van der Waals surface area contributed by atoms with Gasteiger partial charge in [-0.05, 0) is 62.3 Å². The van der Waals surface area contributed by atoms with Gasteiger partial charge in [0, 0.05) is 6.54 Å². The normalized spacial score (nSPS) is 31.2. The van der Waals surface area contributed by atoms with Crippen LogP contribution < -0.4 is 5.32 Å². The van der Waals surface area contributed by atoms with Gasteiger partial charge in [-0.25, -0.2) is 0 Å². The van der Waals surface area contributed by atoms with E-state index in [0.717, 1.165) is 37.8 Å². The minimum Gasteiger partial charge on any atom is -0.389 e. The third kappa shape index (κ3) is 4.73. The highest BCUT2D eigenvalue weighted by Gasteiger charge is 2.31. The van der Waals surface area contributed by atoms with Crippen LogP contribution in [0.3, 0.4) is 0 Å². The van der Waals surface area contributed by atoms with Crippen molar-refractivity contribution in [2.24, 2.45) is 17.3 Å². The van der Waals surface area contributed by atoms with Crippen molar-refractivity contribution in [1.29, 1.82) is 0 Å². The van der Waals surface area contributed by atoms with Crippen LogP contribution in [0.2, 0.25) is 0 Å². The number of rotatable bonds is 4. The first kappa shape index (κ1) is 16.3. The van der Waals surface area contributed by atoms with Gasteiger partial charge in [0.1, 0.15) is 0 Å². The molecule has 2 saturated carbocycles. The second-order valence-corrected chi connectivity index (χ2v) is 8.50. The van der Waals surface area contributed by atoms with Crippen LogP contribution >= 0.6 is 0 Å². The van der Waals surface area contributed by atoms with Gasteiger partial charge in [-0.2, -0.15) is 0 Å². The quantitative estimate of drug-likeness (QED) is 0.812. The van der Waals surface area contributed by atoms with E-state index in [2.05, 4.69) is 26.1 Å². The molecule has 2 nitrogen and oxygen atoms in total. The monoisotopic (exact) mass is 281 g/mol. The van der Waals surface area contributed by atoms with E-state index in [0.29, 0.717) is 5.41 Å². The van der Waals surface area contributed by atoms with E-state index in [1.54, 1.807) is 0 Å². The minimum atomic E-state index is -0.402. The SMILES string of the molecule is CC(C)(C)C1CCC(CNCC2(O)CCCCC2)CC1. The van der Waals surface area contributed by atoms with Gasteiger partial charge >= 0.3 is 0 Å². The number of aliphatic hydroxyl groups is 1. The summed E-state index contributed by atoms with van der Waals surface area (Å²) in [6.45, 7) is 9.07. The van der Waals surface area contributed by atoms with Crippen molar-refractivity contribution < 1.29 is 5.11 Å². The molecule has 0 radical (unpaired) electrons. The van der Waals surface area contributed by atoms with E-state index >= 15 is 0 Å². The van der Waals surface area contributed by atoms with Crippen LogP contribution in [0.5, 0.6) is 0 Å². The summed E-state index contributed by atoms with van der Waals surface area (Å²) in [4.78, 5) is 0. The Morgan fingerprint density at radius 3 is 2.15 bits per heavy atom. The van der Waals surface area contributed by atoms with Gasteiger partial charge in [0.25, 0.3) is 0 Å². The topological polar surface area (TPSA) is 32.3 Å². The van der Waals surface area contributed by atoms with Crippen LogP contribution in [0.25, 0.3) is 0 Å². The molecule has 0 aromatic rings. The van der Waals surface area contributed by atoms with Crippen molar-refractivity contribution in [3.63, 3.8) is 0 Å². The molecule has 2 fully saturated rings. The van der Waals surface area contributed by atoms with Gasteiger partial charge in [0.15, 0.2) is 0 Å². The fourth-order valence-corrected chi connectivity index (χ4v) is 4.13. The van der Waals surface area contributed by atoms with Crippen LogP contribution in [0.15, 0.2) is 0 Å². The van der Waals surface area contributed by atoms with Gasteiger partial charge in [-0.1, -0.05) is 40.0 Å². The Labute approximate surface area is 125 Å². The van der Waals surface area contributed by atoms with Crippen molar-refractivity contribution >= 4 is 0 Å². The van der Waals surface area contributed by atoms with Gasteiger partial charge in [-0.15, -0.1) is 0 Å². The largest absolute Gasteiger partial charge is 0.389 e. The molecule has 20 heavy (non-hydrogen) atoms. The second kappa shape index (κ2) is 6.79. The molecule has 0 amide bonds. The minimum absolute atomic E-state index is 0.402. The van der Waals surface area contributed by atoms with E-state index in [1.807, 2.05) is 0 Å². The van der Waals surface area contributed by atoms with E-state index in [1.165, 1.54) is 44.9 Å². The van der Waals surface area contributed by atoms with E-state index < -0.39 is 5.60 Å². The summed E-state index contributed by atoms with van der Waals surface area (Å²) in [5, 5.41) is 14.1. The lowest BCUT2D eigenvalue weighted by atomic mass is 9.70. The lowest BCUT2D eigenvalue weighted by molar-refractivity contribution is 0.00368. The van der Waals surface area contributed by atoms with Crippen molar-refractivity contribution in [3.8, 4) is 0 Å². The summed E-state index contributed by atoms with van der Waals surface area (Å²) >= 11 is 0. The van der Waals surface area contributed by atoms with Crippen LogP contribution in [0, 0.1) is 17.3 Å². The second-order valence-electron chi connectivity index (χ2n) is 8.50. The molecule has 0 aromatic heterocycles. The van der Waals surface area contributed by atoms with Crippen molar-refractivity contribution in [2.75, 3.05) is 13.1 Å². The van der Waals surface area contributed by atoms with E-state index in [-0.39, 0.29) is 0 Å². The zero-order chi connectivity index (χ0) is 14.6. The van der Waals surface area contributed by atoms with Crippen molar-refractivity contribution in [1.82, 2.24) is 5.32 Å². The highest BCUT2D eigenvalue weighted by molar-refractivity contribution is 4.86. The highest BCUT2D eigenvalue weighted by Crippen LogP contribution is 2.39. The summed E-state index contributed by atoms with van der Waals surface area (Å²) in [5.74, 6) is 1.74. The summed E-state index contributed by atoms with van der Waals surface area (Å²) in [6, 6.07) is 0. The zero-order valence-electron chi connectivity index (χ0n) is 13.9. The third-order valence-electron chi connectivity index (χ3n) is 5.74. The molecule has 2 aliphatic carbocycles. The average Bonchev–Trinajstić information content (AvgIpc) is 2.39. The molecule has 118 valence electrons. The molecule has 2 heteroatoms. The first-order valence-electron chi connectivity index (χ1n) is 8.82. The van der Waals surface area contributed by atoms with Crippen LogP contribution in [-0.2, 0) is 0 Å². The molecule has 2 aliphatic rings. The Kier molecular flexibility index (Phi) is 5.53. The zero-order valence-corrected chi connectivity index (χ0v) is 13.9. The molecule has 0 aliphatic heterocycles. The average molecular weight is 281 g/mol. The molecule has 0 unspecified atom stereocenters. The molecular weight excluding hydrogens is 246 g/mol. The smallest absolute Gasteiger partial charge is 0.0771 e. The van der Waals surface area contributed by atoms with Crippen molar-refractivity contribution in [3.05, 3.63) is 0 Å². The van der Waals surface area contributed by atoms with Crippen LogP contribution in [0.4, 0.5) is 0 Å². The lowest BCUT2D eigenvalue weighted by Gasteiger charge is -2.37. The molecule has 0 spiro atoms. The van der Waals surface area contributed by atoms with Gasteiger partial charge in [0.2, 0.25) is 0 Å². The summed E-state index contributed by atoms with van der Waals surface area (Å²) in [5.41, 5.74) is 0.0799. The van der Waals surface area contributed by atoms with Crippen LogP contribution in [0.1, 0.15) is 78.6 Å². The van der Waals surface area contributed by atoms with Crippen molar-refractivity contribution in [2.45, 2.75) is 84.2 Å². The number of nitrogens with one attached hydrogen (secondary N) is 1. The summed E-state index contributed by atoms with van der Waals surface area (Å²) in [6.07, 6.45) is 11.2. The van der Waals surface area contributed by atoms with Gasteiger partial charge in [-0.3, -0.25) is 0 Å². The molecule has 0 heterocycles. The Balaban J connectivity index is 1.64. The molecule has 0 aromatic carbocycles. The first-order chi connectivity index (χ1) is 9.39. The Morgan fingerprint density at radius 1 is 1.00 bits per heavy atom. The molecule has 0 saturated heterocycles. The summed E-state index contributed by atoms with van der Waals surface area (Å²) in [7, 11) is 0. The molecular formula is C18H35NO. The predicted molar refractivity (Wildman–Crippen MR) is 85.8 cm³/mol. The van der Waals surface area contributed by atoms with Crippen LogP contribution in [-0.4, -0.2) is 23.8 Å². The van der Waals surface area contributed by atoms with E-state index in [4.69, 9.17) is 0 Å². The highest BCUT2D eigenvalue weighted by atomic mass is 16.3. The molecule has 0 atom stereocenters. The lowest BCUT2D eigenvalue weighted by Crippen LogP contribution is -2.43. The standard InChI is InChI=1S/C18H35NO/c1-17(2,3)16-9-7-15(8-10-16)13-19-14-18(20)11-5-4-6-12-18/h15-16,19-20H,4-14H2,1-3H3. The van der Waals surface area contributed by atoms with Gasteiger partial charge < -0.3 is 10.4 Å². The predicted octanol–water partition coefficient (Wildman–Crippen LogP) is 4.12. The maximum absolute atomic E-state index is 10.5. The Morgan fingerprint density at radius 2 is 1.60 bits per heavy atom. The molecule has 2 rings (SSSR count). The first-order valence-corrected chi connectivity index (χ1v) is 8.82. The fourth-order valence-electron chi connectivity index (χ4n) is 4.13. The molecule has 0 bridgehead atoms. The maximum Gasteiger partial charge on any atom is 0.0771 e. The van der Waals surface area contributed by atoms with E-state index in [9.17, 15) is 5.11 Å². The third-order valence-corrected chi connectivity index (χ3v) is 5.74. The number of hydrogen-bond donors (Lipinski definition) is 2. The number of hydrogen-bond acceptors (Lipinski definition) is 2.